The number of fused-ring (bicyclic) bond motifs is 1. The Balaban J connectivity index is 1.39. The molecule has 25 heavy (non-hydrogen) atoms. The molecule has 4 nitrogen and oxygen atoms in total. The summed E-state index contributed by atoms with van der Waals surface area (Å²) in [5.74, 6) is 0.111. The van der Waals surface area contributed by atoms with Crippen LogP contribution in [-0.4, -0.2) is 24.0 Å². The first-order valence-electron chi connectivity index (χ1n) is 8.62. The number of nitrogens with one attached hydrogen (secondary N) is 2. The van der Waals surface area contributed by atoms with Gasteiger partial charge in [-0.2, -0.15) is 0 Å². The van der Waals surface area contributed by atoms with Crippen molar-refractivity contribution in [3.05, 3.63) is 59.3 Å². The van der Waals surface area contributed by atoms with Gasteiger partial charge in [-0.05, 0) is 43.5 Å². The second-order valence-corrected chi connectivity index (χ2v) is 6.54. The van der Waals surface area contributed by atoms with Gasteiger partial charge < -0.3 is 10.6 Å². The van der Waals surface area contributed by atoms with Crippen LogP contribution < -0.4 is 10.6 Å². The second kappa shape index (κ2) is 8.67. The van der Waals surface area contributed by atoms with Crippen LogP contribution in [0, 0.1) is 0 Å². The fourth-order valence-corrected chi connectivity index (χ4v) is 3.08. The monoisotopic (exact) mass is 355 g/mol. The lowest BCUT2D eigenvalue weighted by molar-refractivity contribution is -0.121. The van der Waals surface area contributed by atoms with Gasteiger partial charge in [0.25, 0.3) is 0 Å². The van der Waals surface area contributed by atoms with E-state index in [1.165, 1.54) is 5.57 Å². The smallest absolute Gasteiger partial charge is 0.220 e. The zero-order valence-corrected chi connectivity index (χ0v) is 14.9. The Bertz CT molecular complexity index is 814. The number of hydrogen-bond acceptors (Lipinski definition) is 3. The van der Waals surface area contributed by atoms with Gasteiger partial charge in [-0.15, -0.1) is 0 Å². The molecule has 0 saturated carbocycles. The molecule has 5 heteroatoms. The molecule has 1 aromatic carbocycles. The molecule has 0 aliphatic heterocycles. The second-order valence-electron chi connectivity index (χ2n) is 6.11. The summed E-state index contributed by atoms with van der Waals surface area (Å²) in [6.45, 7) is 1.27. The minimum absolute atomic E-state index is 0.111. The number of pyridine rings is 1. The predicted octanol–water partition coefficient (Wildman–Crippen LogP) is 4.47. The van der Waals surface area contributed by atoms with Gasteiger partial charge in [0.1, 0.15) is 0 Å². The molecular formula is C20H22ClN3O. The van der Waals surface area contributed by atoms with Crippen LogP contribution in [0.15, 0.2) is 54.3 Å². The Labute approximate surface area is 153 Å². The third kappa shape index (κ3) is 5.07. The van der Waals surface area contributed by atoms with Crippen molar-refractivity contribution in [2.75, 3.05) is 18.4 Å². The molecule has 0 unspecified atom stereocenters. The van der Waals surface area contributed by atoms with Crippen LogP contribution in [0.1, 0.15) is 25.7 Å². The zero-order valence-electron chi connectivity index (χ0n) is 14.1. The van der Waals surface area contributed by atoms with E-state index in [9.17, 15) is 4.79 Å². The van der Waals surface area contributed by atoms with Crippen LogP contribution in [0.25, 0.3) is 10.9 Å². The summed E-state index contributed by atoms with van der Waals surface area (Å²) in [6, 6.07) is 7.59. The standard InChI is InChI=1S/C20H22ClN3O/c21-16-8-9-17-18(10-11-22-19(17)14-16)23-12-13-24-20(25)7-3-6-15-4-1-2-5-15/h1-2,4,8-11,14H,3,5-7,12-13H2,(H,22,23)(H,24,25). The summed E-state index contributed by atoms with van der Waals surface area (Å²) >= 11 is 6.00. The maximum atomic E-state index is 11.9. The molecule has 1 aromatic heterocycles. The van der Waals surface area contributed by atoms with E-state index in [1.807, 2.05) is 24.3 Å². The third-order valence-electron chi connectivity index (χ3n) is 4.22. The Hall–Kier alpha value is -2.33. The lowest BCUT2D eigenvalue weighted by atomic mass is 10.1. The molecule has 1 amide bonds. The Kier molecular flexibility index (Phi) is 6.07. The van der Waals surface area contributed by atoms with Crippen molar-refractivity contribution in [1.82, 2.24) is 10.3 Å². The Morgan fingerprint density at radius 1 is 1.24 bits per heavy atom. The lowest BCUT2D eigenvalue weighted by Crippen LogP contribution is -2.28. The highest BCUT2D eigenvalue weighted by atomic mass is 35.5. The largest absolute Gasteiger partial charge is 0.383 e. The first-order chi connectivity index (χ1) is 12.2. The first kappa shape index (κ1) is 17.5. The van der Waals surface area contributed by atoms with Crippen LogP contribution in [-0.2, 0) is 4.79 Å². The van der Waals surface area contributed by atoms with Crippen LogP contribution in [0.5, 0.6) is 0 Å². The first-order valence-corrected chi connectivity index (χ1v) is 8.99. The molecule has 1 aliphatic rings. The number of aromatic nitrogens is 1. The van der Waals surface area contributed by atoms with Gasteiger partial charge in [0.15, 0.2) is 0 Å². The van der Waals surface area contributed by atoms with Crippen LogP contribution >= 0.6 is 11.6 Å². The maximum absolute atomic E-state index is 11.9. The normalized spacial score (nSPS) is 13.1. The third-order valence-corrected chi connectivity index (χ3v) is 4.45. The number of rotatable bonds is 8. The molecule has 0 atom stereocenters. The van der Waals surface area contributed by atoms with Crippen molar-refractivity contribution in [1.29, 1.82) is 0 Å². The van der Waals surface area contributed by atoms with Crippen LogP contribution in [0.4, 0.5) is 5.69 Å². The summed E-state index contributed by atoms with van der Waals surface area (Å²) in [5.41, 5.74) is 3.27. The van der Waals surface area contributed by atoms with Gasteiger partial charge in [0.2, 0.25) is 5.91 Å². The average Bonchev–Trinajstić information content (AvgIpc) is 3.12. The van der Waals surface area contributed by atoms with Crippen molar-refractivity contribution >= 4 is 34.1 Å². The highest BCUT2D eigenvalue weighted by Crippen LogP contribution is 2.24. The SMILES string of the molecule is O=C(CCCC1=CC=CC1)NCCNc1ccnc2cc(Cl)ccc12. The van der Waals surface area contributed by atoms with E-state index < -0.39 is 0 Å². The van der Waals surface area contributed by atoms with E-state index in [0.717, 1.165) is 35.9 Å². The van der Waals surface area contributed by atoms with Gasteiger partial charge in [0.05, 0.1) is 5.52 Å². The molecule has 0 radical (unpaired) electrons. The zero-order chi connectivity index (χ0) is 17.5. The van der Waals surface area contributed by atoms with Crippen molar-refractivity contribution in [3.63, 3.8) is 0 Å². The number of nitrogens with zero attached hydrogens (tertiary/aromatic N) is 1. The number of benzene rings is 1. The topological polar surface area (TPSA) is 54.0 Å². The van der Waals surface area contributed by atoms with E-state index >= 15 is 0 Å². The van der Waals surface area contributed by atoms with Crippen molar-refractivity contribution in [3.8, 4) is 0 Å². The van der Waals surface area contributed by atoms with E-state index in [2.05, 4.69) is 33.8 Å². The van der Waals surface area contributed by atoms with Crippen LogP contribution in [0.2, 0.25) is 5.02 Å². The molecule has 1 aliphatic carbocycles. The minimum Gasteiger partial charge on any atom is -0.383 e. The minimum atomic E-state index is 0.111. The number of carbonyl (C=O) groups excluding carboxylic acids is 1. The quantitative estimate of drug-likeness (QED) is 0.687. The molecule has 0 spiro atoms. The van der Waals surface area contributed by atoms with Gasteiger partial charge in [0, 0.05) is 41.8 Å². The maximum Gasteiger partial charge on any atom is 0.220 e. The van der Waals surface area contributed by atoms with Crippen LogP contribution in [0.3, 0.4) is 0 Å². The van der Waals surface area contributed by atoms with Crippen molar-refractivity contribution < 1.29 is 4.79 Å². The molecule has 0 bridgehead atoms. The number of allylic oxidation sites excluding steroid dienone is 4. The molecule has 0 fully saturated rings. The highest BCUT2D eigenvalue weighted by molar-refractivity contribution is 6.31. The molecule has 1 heterocycles. The summed E-state index contributed by atoms with van der Waals surface area (Å²) in [5, 5.41) is 8.01. The van der Waals surface area contributed by atoms with E-state index in [-0.39, 0.29) is 5.91 Å². The van der Waals surface area contributed by atoms with Gasteiger partial charge >= 0.3 is 0 Å². The molecule has 0 saturated heterocycles. The van der Waals surface area contributed by atoms with Crippen molar-refractivity contribution in [2.45, 2.75) is 25.7 Å². The lowest BCUT2D eigenvalue weighted by Gasteiger charge is -2.10. The van der Waals surface area contributed by atoms with Crippen molar-refractivity contribution in [2.24, 2.45) is 0 Å². The number of hydrogen-bond donors (Lipinski definition) is 2. The molecular weight excluding hydrogens is 334 g/mol. The number of amides is 1. The summed E-state index contributed by atoms with van der Waals surface area (Å²) in [4.78, 5) is 16.2. The van der Waals surface area contributed by atoms with E-state index in [4.69, 9.17) is 11.6 Å². The number of halogens is 1. The average molecular weight is 356 g/mol. The summed E-state index contributed by atoms with van der Waals surface area (Å²) in [6.07, 6.45) is 11.7. The molecule has 2 aromatic rings. The summed E-state index contributed by atoms with van der Waals surface area (Å²) in [7, 11) is 0. The molecule has 130 valence electrons. The number of anilines is 1. The molecule has 3 rings (SSSR count). The Morgan fingerprint density at radius 3 is 3.00 bits per heavy atom. The van der Waals surface area contributed by atoms with Gasteiger partial charge in [-0.3, -0.25) is 9.78 Å². The van der Waals surface area contributed by atoms with Gasteiger partial charge in [-0.25, -0.2) is 0 Å². The van der Waals surface area contributed by atoms with Gasteiger partial charge in [-0.1, -0.05) is 35.4 Å². The molecule has 2 N–H and O–H groups in total. The fraction of sp³-hybridized carbons (Fsp3) is 0.300. The summed E-state index contributed by atoms with van der Waals surface area (Å²) < 4.78 is 0. The van der Waals surface area contributed by atoms with E-state index in [0.29, 0.717) is 24.5 Å². The Morgan fingerprint density at radius 2 is 2.16 bits per heavy atom. The highest BCUT2D eigenvalue weighted by Gasteiger charge is 2.05. The predicted molar refractivity (Wildman–Crippen MR) is 104 cm³/mol. The van der Waals surface area contributed by atoms with E-state index in [1.54, 1.807) is 6.20 Å². The number of carbonyl (C=O) groups is 1. The fourth-order valence-electron chi connectivity index (χ4n) is 2.92.